The molecular formula is C17H15ClN2O5. The molecule has 0 bridgehead atoms. The molecule has 2 aliphatic rings. The van der Waals surface area contributed by atoms with Crippen LogP contribution in [0.15, 0.2) is 36.4 Å². The molecule has 25 heavy (non-hydrogen) atoms. The topological polar surface area (TPSA) is 84.0 Å². The van der Waals surface area contributed by atoms with Crippen LogP contribution in [0.5, 0.6) is 0 Å². The monoisotopic (exact) mass is 362 g/mol. The third-order valence-electron chi connectivity index (χ3n) is 4.31. The van der Waals surface area contributed by atoms with Crippen molar-refractivity contribution in [2.24, 2.45) is 0 Å². The van der Waals surface area contributed by atoms with Crippen LogP contribution in [-0.2, 0) is 14.3 Å². The van der Waals surface area contributed by atoms with Crippen LogP contribution in [0.1, 0.15) is 27.6 Å². The van der Waals surface area contributed by atoms with Crippen LogP contribution < -0.4 is 0 Å². The summed E-state index contributed by atoms with van der Waals surface area (Å²) in [6.45, 7) is 5.24. The number of hydrogen-bond donors (Lipinski definition) is 0. The summed E-state index contributed by atoms with van der Waals surface area (Å²) >= 11 is 6.28. The van der Waals surface area contributed by atoms with Crippen LogP contribution in [0, 0.1) is 0 Å². The molecule has 0 radical (unpaired) electrons. The lowest BCUT2D eigenvalue weighted by Gasteiger charge is -2.49. The fraction of sp³-hybridized carbons (Fsp3) is 0.294. The van der Waals surface area contributed by atoms with Gasteiger partial charge in [-0.2, -0.15) is 0 Å². The summed E-state index contributed by atoms with van der Waals surface area (Å²) in [4.78, 5) is 51.5. The lowest BCUT2D eigenvalue weighted by Crippen LogP contribution is -2.73. The van der Waals surface area contributed by atoms with Gasteiger partial charge in [0.05, 0.1) is 18.2 Å². The standard InChI is InChI=1S/C17H15ClN2O5/c1-8(2)11(17(24)25-3)19-13(18)12(16(19)23)20-14(21)9-6-4-5-7-10(9)15(20)22/h4-7,11-13H,1H2,2-3H3/t11?,12-,13-/m0/s1. The van der Waals surface area contributed by atoms with Gasteiger partial charge >= 0.3 is 5.97 Å². The maximum atomic E-state index is 12.6. The zero-order valence-electron chi connectivity index (χ0n) is 13.6. The van der Waals surface area contributed by atoms with Crippen molar-refractivity contribution in [2.45, 2.75) is 24.5 Å². The highest BCUT2D eigenvalue weighted by Gasteiger charge is 2.58. The molecule has 0 aromatic heterocycles. The third kappa shape index (κ3) is 2.34. The number of esters is 1. The molecule has 2 aliphatic heterocycles. The van der Waals surface area contributed by atoms with E-state index in [-0.39, 0.29) is 11.1 Å². The van der Waals surface area contributed by atoms with Gasteiger partial charge in [0.25, 0.3) is 17.7 Å². The number of amides is 3. The summed E-state index contributed by atoms with van der Waals surface area (Å²) in [6.07, 6.45) is 0. The Hall–Kier alpha value is -2.67. The minimum Gasteiger partial charge on any atom is -0.467 e. The molecule has 1 aromatic carbocycles. The van der Waals surface area contributed by atoms with Crippen LogP contribution >= 0.6 is 11.6 Å². The number of alkyl halides is 1. The number of methoxy groups -OCH3 is 1. The minimum absolute atomic E-state index is 0.229. The lowest BCUT2D eigenvalue weighted by atomic mass is 9.98. The first-order valence-electron chi connectivity index (χ1n) is 7.47. The van der Waals surface area contributed by atoms with E-state index < -0.39 is 41.3 Å². The number of likely N-dealkylation sites (tertiary alicyclic amines) is 1. The molecule has 1 saturated heterocycles. The Kier molecular flexibility index (Phi) is 4.12. The molecule has 0 spiro atoms. The molecule has 3 rings (SSSR count). The zero-order chi connectivity index (χ0) is 18.5. The second-order valence-electron chi connectivity index (χ2n) is 5.86. The van der Waals surface area contributed by atoms with E-state index in [4.69, 9.17) is 11.6 Å². The van der Waals surface area contributed by atoms with Crippen molar-refractivity contribution in [2.75, 3.05) is 7.11 Å². The highest BCUT2D eigenvalue weighted by Crippen LogP contribution is 2.36. The van der Waals surface area contributed by atoms with Gasteiger partial charge in [-0.25, -0.2) is 4.79 Å². The Morgan fingerprint density at radius 3 is 2.12 bits per heavy atom. The molecule has 0 aliphatic carbocycles. The largest absolute Gasteiger partial charge is 0.467 e. The van der Waals surface area contributed by atoms with Crippen molar-refractivity contribution in [3.8, 4) is 0 Å². The normalized spacial score (nSPS) is 23.2. The van der Waals surface area contributed by atoms with Gasteiger partial charge in [0.1, 0.15) is 5.50 Å². The number of hydrogen-bond acceptors (Lipinski definition) is 5. The Morgan fingerprint density at radius 1 is 1.20 bits per heavy atom. The maximum absolute atomic E-state index is 12.6. The van der Waals surface area contributed by atoms with E-state index >= 15 is 0 Å². The van der Waals surface area contributed by atoms with E-state index in [1.165, 1.54) is 19.2 Å². The summed E-state index contributed by atoms with van der Waals surface area (Å²) < 4.78 is 4.68. The van der Waals surface area contributed by atoms with E-state index in [1.54, 1.807) is 19.1 Å². The maximum Gasteiger partial charge on any atom is 0.332 e. The van der Waals surface area contributed by atoms with Crippen LogP contribution in [0.3, 0.4) is 0 Å². The second kappa shape index (κ2) is 6.00. The summed E-state index contributed by atoms with van der Waals surface area (Å²) in [7, 11) is 1.19. The number of carbonyl (C=O) groups excluding carboxylic acids is 4. The van der Waals surface area contributed by atoms with Crippen LogP contribution in [0.25, 0.3) is 0 Å². The number of carbonyl (C=O) groups is 4. The van der Waals surface area contributed by atoms with Crippen LogP contribution in [-0.4, -0.2) is 58.2 Å². The predicted octanol–water partition coefficient (Wildman–Crippen LogP) is 1.18. The minimum atomic E-state index is -1.17. The summed E-state index contributed by atoms with van der Waals surface area (Å²) in [6, 6.07) is 4.08. The molecule has 130 valence electrons. The average molecular weight is 363 g/mol. The number of nitrogens with zero attached hydrogens (tertiary/aromatic N) is 2. The fourth-order valence-electron chi connectivity index (χ4n) is 3.09. The zero-order valence-corrected chi connectivity index (χ0v) is 14.3. The fourth-order valence-corrected chi connectivity index (χ4v) is 3.52. The first-order valence-corrected chi connectivity index (χ1v) is 7.91. The highest BCUT2D eigenvalue weighted by molar-refractivity contribution is 6.30. The Balaban J connectivity index is 1.89. The van der Waals surface area contributed by atoms with Gasteiger partial charge < -0.3 is 9.64 Å². The van der Waals surface area contributed by atoms with Gasteiger partial charge in [0.2, 0.25) is 0 Å². The van der Waals surface area contributed by atoms with Crippen LogP contribution in [0.2, 0.25) is 0 Å². The Bertz CT molecular complexity index is 786. The highest BCUT2D eigenvalue weighted by atomic mass is 35.5. The smallest absolute Gasteiger partial charge is 0.332 e. The van der Waals surface area contributed by atoms with E-state index in [0.29, 0.717) is 5.57 Å². The summed E-state index contributed by atoms with van der Waals surface area (Å²) in [5.41, 5.74) is -0.221. The van der Waals surface area contributed by atoms with Gasteiger partial charge in [-0.15, -0.1) is 0 Å². The predicted molar refractivity (Wildman–Crippen MR) is 87.8 cm³/mol. The van der Waals surface area contributed by atoms with Crippen molar-refractivity contribution in [1.29, 1.82) is 0 Å². The SMILES string of the molecule is C=C(C)C(C(=O)OC)N1C(=O)[C@@H](N2C(=O)c3ccccc3C2=O)[C@H]1Cl. The lowest BCUT2D eigenvalue weighted by molar-refractivity contribution is -0.163. The Labute approximate surface area is 148 Å². The third-order valence-corrected chi connectivity index (χ3v) is 4.76. The second-order valence-corrected chi connectivity index (χ2v) is 6.31. The number of β-lactam (4-membered cyclic amide) rings is 1. The van der Waals surface area contributed by atoms with Crippen molar-refractivity contribution in [3.05, 3.63) is 47.5 Å². The van der Waals surface area contributed by atoms with Crippen LogP contribution in [0.4, 0.5) is 0 Å². The van der Waals surface area contributed by atoms with Gasteiger partial charge in [0.15, 0.2) is 12.1 Å². The number of halogens is 1. The van der Waals surface area contributed by atoms with Gasteiger partial charge in [-0.3, -0.25) is 19.3 Å². The number of ether oxygens (including phenoxy) is 1. The van der Waals surface area contributed by atoms with Crippen molar-refractivity contribution >= 4 is 35.3 Å². The molecule has 1 aromatic rings. The van der Waals surface area contributed by atoms with Gasteiger partial charge in [-0.1, -0.05) is 30.3 Å². The quantitative estimate of drug-likeness (QED) is 0.200. The average Bonchev–Trinajstić information content (AvgIpc) is 2.84. The molecule has 2 heterocycles. The van der Waals surface area contributed by atoms with E-state index in [0.717, 1.165) is 9.80 Å². The first kappa shape index (κ1) is 17.2. The number of fused-ring (bicyclic) bond motifs is 1. The summed E-state index contributed by atoms with van der Waals surface area (Å²) in [5, 5.41) is 0. The molecule has 0 N–H and O–H groups in total. The molecule has 3 amide bonds. The van der Waals surface area contributed by atoms with E-state index in [1.807, 2.05) is 0 Å². The van der Waals surface area contributed by atoms with E-state index in [9.17, 15) is 19.2 Å². The molecule has 8 heteroatoms. The van der Waals surface area contributed by atoms with Gasteiger partial charge in [0, 0.05) is 0 Å². The molecule has 1 fully saturated rings. The molecule has 7 nitrogen and oxygen atoms in total. The Morgan fingerprint density at radius 2 is 1.72 bits per heavy atom. The van der Waals surface area contributed by atoms with E-state index in [2.05, 4.69) is 11.3 Å². The number of imide groups is 1. The molecule has 1 unspecified atom stereocenters. The summed E-state index contributed by atoms with van der Waals surface area (Å²) in [5.74, 6) is -2.44. The van der Waals surface area contributed by atoms with Crippen molar-refractivity contribution < 1.29 is 23.9 Å². The van der Waals surface area contributed by atoms with Gasteiger partial charge in [-0.05, 0) is 24.6 Å². The number of rotatable bonds is 4. The molecular weight excluding hydrogens is 348 g/mol. The molecule has 3 atom stereocenters. The first-order chi connectivity index (χ1) is 11.8. The number of benzene rings is 1. The van der Waals surface area contributed by atoms with Crippen molar-refractivity contribution in [1.82, 2.24) is 9.80 Å². The molecule has 0 saturated carbocycles. The van der Waals surface area contributed by atoms with Crippen molar-refractivity contribution in [3.63, 3.8) is 0 Å².